The summed E-state index contributed by atoms with van der Waals surface area (Å²) in [6, 6.07) is 1.24. The standard InChI is InChI=1S/C18H15N3O3S3/c1-8-4-6-25-15(8)12-11(13(22)16-9(2)20-10(3)27-16)14(23)17(24)21(12)18-19-5-7-26-18/h4-7,12,23H,1-3H3. The number of aliphatic hydroxyl groups is 1. The van der Waals surface area contributed by atoms with Crippen molar-refractivity contribution in [3.63, 3.8) is 0 Å². The maximum atomic E-state index is 13.3. The average Bonchev–Trinajstić information content (AvgIpc) is 3.38. The molecule has 0 bridgehead atoms. The van der Waals surface area contributed by atoms with Gasteiger partial charge in [0.05, 0.1) is 21.2 Å². The van der Waals surface area contributed by atoms with Gasteiger partial charge in [-0.3, -0.25) is 14.5 Å². The zero-order valence-corrected chi connectivity index (χ0v) is 17.2. The Hall–Kier alpha value is -2.36. The van der Waals surface area contributed by atoms with Crippen molar-refractivity contribution in [3.05, 3.63) is 60.4 Å². The molecule has 0 saturated carbocycles. The number of thiophene rings is 1. The first-order valence-corrected chi connectivity index (χ1v) is 10.7. The first-order chi connectivity index (χ1) is 12.9. The van der Waals surface area contributed by atoms with Gasteiger partial charge in [0.15, 0.2) is 10.9 Å². The molecule has 4 rings (SSSR count). The molecule has 4 heterocycles. The summed E-state index contributed by atoms with van der Waals surface area (Å²) >= 11 is 4.01. The van der Waals surface area contributed by atoms with Crippen LogP contribution < -0.4 is 4.90 Å². The van der Waals surface area contributed by atoms with Crippen molar-refractivity contribution in [1.82, 2.24) is 9.97 Å². The summed E-state index contributed by atoms with van der Waals surface area (Å²) in [5.74, 6) is -1.48. The molecule has 6 nitrogen and oxygen atoms in total. The molecule has 1 aliphatic heterocycles. The highest BCUT2D eigenvalue weighted by Gasteiger charge is 2.47. The van der Waals surface area contributed by atoms with Crippen LogP contribution in [0.1, 0.15) is 36.9 Å². The van der Waals surface area contributed by atoms with E-state index >= 15 is 0 Å². The van der Waals surface area contributed by atoms with Crippen molar-refractivity contribution in [3.8, 4) is 0 Å². The van der Waals surface area contributed by atoms with Crippen molar-refractivity contribution >= 4 is 50.8 Å². The Labute approximate surface area is 167 Å². The molecule has 138 valence electrons. The number of amides is 1. The van der Waals surface area contributed by atoms with E-state index in [4.69, 9.17) is 0 Å². The largest absolute Gasteiger partial charge is 0.503 e. The Morgan fingerprint density at radius 3 is 2.56 bits per heavy atom. The van der Waals surface area contributed by atoms with Gasteiger partial charge in [-0.2, -0.15) is 0 Å². The smallest absolute Gasteiger partial charge is 0.296 e. The summed E-state index contributed by atoms with van der Waals surface area (Å²) in [6.07, 6.45) is 1.60. The van der Waals surface area contributed by atoms with E-state index in [-0.39, 0.29) is 11.4 Å². The second kappa shape index (κ2) is 6.66. The number of anilines is 1. The highest BCUT2D eigenvalue weighted by Crippen LogP contribution is 2.45. The highest BCUT2D eigenvalue weighted by molar-refractivity contribution is 7.14. The van der Waals surface area contributed by atoms with Crippen LogP contribution in [0.15, 0.2) is 34.4 Å². The van der Waals surface area contributed by atoms with E-state index in [1.54, 1.807) is 18.5 Å². The molecule has 3 aromatic heterocycles. The monoisotopic (exact) mass is 417 g/mol. The number of carbonyl (C=O) groups is 2. The molecule has 1 amide bonds. The molecule has 3 aromatic rings. The number of carbonyl (C=O) groups excluding carboxylic acids is 2. The second-order valence-corrected chi connectivity index (χ2v) is 9.12. The van der Waals surface area contributed by atoms with Gasteiger partial charge in [0.2, 0.25) is 5.78 Å². The first kappa shape index (κ1) is 18.0. The van der Waals surface area contributed by atoms with Crippen LogP contribution in [-0.4, -0.2) is 26.8 Å². The van der Waals surface area contributed by atoms with Crippen LogP contribution >= 0.6 is 34.0 Å². The van der Waals surface area contributed by atoms with Gasteiger partial charge in [0.1, 0.15) is 6.04 Å². The minimum absolute atomic E-state index is 0.0903. The van der Waals surface area contributed by atoms with Crippen molar-refractivity contribution < 1.29 is 14.7 Å². The van der Waals surface area contributed by atoms with Crippen LogP contribution in [-0.2, 0) is 4.79 Å². The number of aliphatic hydroxyl groups excluding tert-OH is 1. The minimum atomic E-state index is -0.696. The fourth-order valence-electron chi connectivity index (χ4n) is 3.15. The van der Waals surface area contributed by atoms with Gasteiger partial charge in [0, 0.05) is 16.5 Å². The van der Waals surface area contributed by atoms with Gasteiger partial charge in [-0.05, 0) is 37.8 Å². The summed E-state index contributed by atoms with van der Waals surface area (Å²) in [5.41, 5.74) is 1.65. The first-order valence-electron chi connectivity index (χ1n) is 8.09. The SMILES string of the molecule is Cc1nc(C)c(C(=O)C2=C(O)C(=O)N(c3nccs3)C2c2sccc2C)s1. The maximum absolute atomic E-state index is 13.3. The van der Waals surface area contributed by atoms with Crippen LogP contribution in [0.2, 0.25) is 0 Å². The molecule has 0 radical (unpaired) electrons. The van der Waals surface area contributed by atoms with Gasteiger partial charge >= 0.3 is 0 Å². The van der Waals surface area contributed by atoms with E-state index in [0.717, 1.165) is 15.4 Å². The van der Waals surface area contributed by atoms with Gasteiger partial charge in [-0.1, -0.05) is 0 Å². The predicted octanol–water partition coefficient (Wildman–Crippen LogP) is 4.37. The number of nitrogens with zero attached hydrogens (tertiary/aromatic N) is 3. The van der Waals surface area contributed by atoms with Crippen LogP contribution in [0.25, 0.3) is 0 Å². The number of ketones is 1. The number of rotatable bonds is 4. The van der Waals surface area contributed by atoms with E-state index in [1.165, 1.54) is 38.9 Å². The molecule has 0 spiro atoms. The summed E-state index contributed by atoms with van der Waals surface area (Å²) < 4.78 is 0. The zero-order valence-electron chi connectivity index (χ0n) is 14.7. The van der Waals surface area contributed by atoms with Crippen molar-refractivity contribution in [2.75, 3.05) is 4.90 Å². The molecule has 0 fully saturated rings. The summed E-state index contributed by atoms with van der Waals surface area (Å²) in [7, 11) is 0. The average molecular weight is 418 g/mol. The summed E-state index contributed by atoms with van der Waals surface area (Å²) in [4.78, 5) is 37.4. The van der Waals surface area contributed by atoms with Crippen LogP contribution in [0.3, 0.4) is 0 Å². The number of Topliss-reactive ketones (excluding diaryl/α,β-unsaturated/α-hetero) is 1. The lowest BCUT2D eigenvalue weighted by molar-refractivity contribution is -0.117. The Morgan fingerprint density at radius 1 is 1.22 bits per heavy atom. The lowest BCUT2D eigenvalue weighted by atomic mass is 9.99. The Kier molecular flexibility index (Phi) is 4.45. The van der Waals surface area contributed by atoms with Crippen molar-refractivity contribution in [2.24, 2.45) is 0 Å². The molecule has 0 aromatic carbocycles. The number of aryl methyl sites for hydroxylation is 3. The van der Waals surface area contributed by atoms with Crippen molar-refractivity contribution in [2.45, 2.75) is 26.8 Å². The quantitative estimate of drug-likeness (QED) is 0.637. The molecule has 1 unspecified atom stereocenters. The Bertz CT molecular complexity index is 1080. The summed E-state index contributed by atoms with van der Waals surface area (Å²) in [5, 5.41) is 15.5. The van der Waals surface area contributed by atoms with E-state index in [1.807, 2.05) is 25.3 Å². The molecule has 27 heavy (non-hydrogen) atoms. The number of thiazole rings is 2. The van der Waals surface area contributed by atoms with E-state index in [0.29, 0.717) is 15.7 Å². The van der Waals surface area contributed by atoms with E-state index < -0.39 is 17.7 Å². The Morgan fingerprint density at radius 2 is 2.00 bits per heavy atom. The minimum Gasteiger partial charge on any atom is -0.503 e. The Balaban J connectivity index is 1.90. The lowest BCUT2D eigenvalue weighted by Crippen LogP contribution is -2.30. The molecule has 0 aliphatic carbocycles. The van der Waals surface area contributed by atoms with Gasteiger partial charge in [0.25, 0.3) is 5.91 Å². The summed E-state index contributed by atoms with van der Waals surface area (Å²) in [6.45, 7) is 5.51. The van der Waals surface area contributed by atoms with Crippen molar-refractivity contribution in [1.29, 1.82) is 0 Å². The predicted molar refractivity (Wildman–Crippen MR) is 107 cm³/mol. The van der Waals surface area contributed by atoms with Crippen LogP contribution in [0.5, 0.6) is 0 Å². The third-order valence-electron chi connectivity index (χ3n) is 4.34. The van der Waals surface area contributed by atoms with Crippen LogP contribution in [0, 0.1) is 20.8 Å². The van der Waals surface area contributed by atoms with Gasteiger partial charge in [-0.25, -0.2) is 9.97 Å². The third kappa shape index (κ3) is 2.82. The van der Waals surface area contributed by atoms with Gasteiger partial charge < -0.3 is 5.11 Å². The molecular formula is C18H15N3O3S3. The molecule has 1 aliphatic rings. The fourth-order valence-corrected chi connectivity index (χ4v) is 5.71. The fraction of sp³-hybridized carbons (Fsp3) is 0.222. The normalized spacial score (nSPS) is 17.2. The molecule has 1 N–H and O–H groups in total. The molecular weight excluding hydrogens is 402 g/mol. The second-order valence-electron chi connectivity index (χ2n) is 6.10. The molecule has 9 heteroatoms. The van der Waals surface area contributed by atoms with E-state index in [2.05, 4.69) is 9.97 Å². The number of hydrogen-bond acceptors (Lipinski definition) is 8. The topological polar surface area (TPSA) is 83.4 Å². The lowest BCUT2D eigenvalue weighted by Gasteiger charge is -2.23. The number of aromatic nitrogens is 2. The molecule has 1 atom stereocenters. The number of hydrogen-bond donors (Lipinski definition) is 1. The van der Waals surface area contributed by atoms with Gasteiger partial charge in [-0.15, -0.1) is 34.0 Å². The third-order valence-corrected chi connectivity index (χ3v) is 7.25. The highest BCUT2D eigenvalue weighted by atomic mass is 32.1. The molecule has 0 saturated heterocycles. The van der Waals surface area contributed by atoms with E-state index in [9.17, 15) is 14.7 Å². The van der Waals surface area contributed by atoms with Crippen LogP contribution in [0.4, 0.5) is 5.13 Å². The maximum Gasteiger partial charge on any atom is 0.296 e. The zero-order chi connectivity index (χ0) is 19.3.